The summed E-state index contributed by atoms with van der Waals surface area (Å²) in [6, 6.07) is 13.9. The molecule has 0 aliphatic carbocycles. The predicted molar refractivity (Wildman–Crippen MR) is 97.0 cm³/mol. The SMILES string of the molecule is Cc1ccc(N=Nc2c(O)c(SOO[O-])cc3cc(SOO[O-])ccc23)cc1.[Na+].[Na+]. The van der Waals surface area contributed by atoms with E-state index in [1.807, 2.05) is 19.1 Å². The van der Waals surface area contributed by atoms with Crippen molar-refractivity contribution in [1.29, 1.82) is 0 Å². The van der Waals surface area contributed by atoms with Crippen LogP contribution in [-0.4, -0.2) is 5.11 Å². The maximum atomic E-state index is 10.5. The number of nitrogens with zero attached hydrogens (tertiary/aromatic N) is 2. The van der Waals surface area contributed by atoms with Crippen LogP contribution in [0.2, 0.25) is 0 Å². The van der Waals surface area contributed by atoms with Gasteiger partial charge in [-0.1, -0.05) is 23.8 Å². The van der Waals surface area contributed by atoms with E-state index < -0.39 is 0 Å². The number of hydrogen-bond donors (Lipinski definition) is 1. The molecule has 0 saturated carbocycles. The number of hydrogen-bond acceptors (Lipinski definition) is 11. The van der Waals surface area contributed by atoms with Crippen molar-refractivity contribution in [2.24, 2.45) is 10.2 Å². The van der Waals surface area contributed by atoms with Gasteiger partial charge in [0.1, 0.15) is 5.69 Å². The standard InChI is InChI=1S/C17H14N2O7S2.2Na/c1-10-2-4-12(5-3-10)18-19-16-14-7-6-13(27-25-23-21)8-11(14)9-15(17(16)20)28-26-24-22;;/h2-9,20-22H,1H3;;/q;2*+1/p-2. The number of phenolic OH excluding ortho intramolecular Hbond substituents is 1. The average molecular weight is 466 g/mol. The van der Waals surface area contributed by atoms with Gasteiger partial charge in [-0.25, -0.2) is 0 Å². The summed E-state index contributed by atoms with van der Waals surface area (Å²) >= 11 is 1.24. The number of aromatic hydroxyl groups is 1. The molecule has 3 aromatic rings. The molecule has 0 heterocycles. The third-order valence-electron chi connectivity index (χ3n) is 3.63. The minimum absolute atomic E-state index is 0. The third kappa shape index (κ3) is 7.43. The summed E-state index contributed by atoms with van der Waals surface area (Å²) in [4.78, 5) is 0.747. The quantitative estimate of drug-likeness (QED) is 0.129. The zero-order valence-corrected chi connectivity index (χ0v) is 21.9. The van der Waals surface area contributed by atoms with Gasteiger partial charge in [0.2, 0.25) is 0 Å². The number of fused-ring (bicyclic) bond motifs is 1. The number of phenols is 1. The molecular weight excluding hydrogens is 454 g/mol. The molecule has 0 spiro atoms. The molecule has 0 unspecified atom stereocenters. The van der Waals surface area contributed by atoms with Crippen LogP contribution in [0.15, 0.2) is 68.6 Å². The molecule has 146 valence electrons. The van der Waals surface area contributed by atoms with Gasteiger partial charge in [-0.05, 0) is 42.6 Å². The molecule has 13 heteroatoms. The molecule has 0 fully saturated rings. The summed E-state index contributed by atoms with van der Waals surface area (Å²) in [6.45, 7) is 1.95. The van der Waals surface area contributed by atoms with Crippen LogP contribution >= 0.6 is 24.1 Å². The van der Waals surface area contributed by atoms with Crippen molar-refractivity contribution in [2.75, 3.05) is 0 Å². The first-order valence-electron chi connectivity index (χ1n) is 7.67. The van der Waals surface area contributed by atoms with Crippen LogP contribution < -0.4 is 69.6 Å². The molecule has 0 aromatic heterocycles. The van der Waals surface area contributed by atoms with Gasteiger partial charge in [-0.3, -0.25) is 10.1 Å². The Balaban J connectivity index is 0.00000225. The molecule has 0 atom stereocenters. The van der Waals surface area contributed by atoms with Crippen molar-refractivity contribution < 1.29 is 93.5 Å². The first kappa shape index (κ1) is 27.8. The zero-order chi connectivity index (χ0) is 19.9. The largest absolute Gasteiger partial charge is 1.00 e. The molecule has 0 aliphatic rings. The van der Waals surface area contributed by atoms with E-state index in [-0.39, 0.29) is 75.4 Å². The van der Waals surface area contributed by atoms with Gasteiger partial charge in [0.05, 0.1) is 34.7 Å². The van der Waals surface area contributed by atoms with E-state index in [1.54, 1.807) is 36.4 Å². The summed E-state index contributed by atoms with van der Waals surface area (Å²) in [5.74, 6) is -0.232. The van der Waals surface area contributed by atoms with E-state index in [2.05, 4.69) is 29.0 Å². The topological polar surface area (TPSA) is 128 Å². The molecular formula is C17H12N2Na2O7S2. The summed E-state index contributed by atoms with van der Waals surface area (Å²) < 4.78 is 8.62. The molecule has 0 aliphatic heterocycles. The van der Waals surface area contributed by atoms with Gasteiger partial charge < -0.3 is 15.6 Å². The molecule has 1 N–H and O–H groups in total. The van der Waals surface area contributed by atoms with Gasteiger partial charge in [0.25, 0.3) is 0 Å². The molecule has 3 rings (SSSR count). The Kier molecular flexibility index (Phi) is 13.0. The Bertz CT molecular complexity index is 994. The fourth-order valence-corrected chi connectivity index (χ4v) is 3.23. The monoisotopic (exact) mass is 466 g/mol. The first-order valence-corrected chi connectivity index (χ1v) is 9.15. The summed E-state index contributed by atoms with van der Waals surface area (Å²) in [7, 11) is 0. The van der Waals surface area contributed by atoms with Gasteiger partial charge in [0, 0.05) is 10.3 Å². The number of rotatable bonds is 8. The Morgan fingerprint density at radius 2 is 1.53 bits per heavy atom. The number of azo groups is 1. The maximum absolute atomic E-state index is 10.5. The van der Waals surface area contributed by atoms with Gasteiger partial charge in [-0.15, -0.1) is 5.11 Å². The number of benzene rings is 3. The van der Waals surface area contributed by atoms with E-state index >= 15 is 0 Å². The Morgan fingerprint density at radius 1 is 0.867 bits per heavy atom. The maximum Gasteiger partial charge on any atom is 1.00 e. The minimum atomic E-state index is -0.232. The van der Waals surface area contributed by atoms with Gasteiger partial charge >= 0.3 is 59.1 Å². The normalized spacial score (nSPS) is 10.8. The van der Waals surface area contributed by atoms with Crippen LogP contribution in [-0.2, 0) is 18.7 Å². The molecule has 0 bridgehead atoms. The van der Waals surface area contributed by atoms with E-state index in [4.69, 9.17) is 0 Å². The van der Waals surface area contributed by atoms with E-state index in [9.17, 15) is 15.6 Å². The summed E-state index contributed by atoms with van der Waals surface area (Å²) in [5.41, 5.74) is 1.85. The second-order valence-corrected chi connectivity index (χ2v) is 6.95. The zero-order valence-electron chi connectivity index (χ0n) is 16.2. The fourth-order valence-electron chi connectivity index (χ4n) is 2.37. The second-order valence-electron chi connectivity index (χ2n) is 5.43. The van der Waals surface area contributed by atoms with E-state index in [0.717, 1.165) is 5.56 Å². The molecule has 0 radical (unpaired) electrons. The molecule has 30 heavy (non-hydrogen) atoms. The van der Waals surface area contributed by atoms with Gasteiger partial charge in [-0.2, -0.15) is 13.8 Å². The average Bonchev–Trinajstić information content (AvgIpc) is 2.71. The van der Waals surface area contributed by atoms with Crippen LogP contribution in [0, 0.1) is 6.92 Å². The molecule has 9 nitrogen and oxygen atoms in total. The van der Waals surface area contributed by atoms with Crippen LogP contribution in [0.25, 0.3) is 10.8 Å². The number of aryl methyl sites for hydroxylation is 1. The van der Waals surface area contributed by atoms with Crippen LogP contribution in [0.1, 0.15) is 5.56 Å². The smallest absolute Gasteiger partial charge is 0.691 e. The molecule has 0 saturated heterocycles. The fraction of sp³-hybridized carbons (Fsp3) is 0.0588. The molecule has 0 amide bonds. The van der Waals surface area contributed by atoms with E-state index in [1.165, 1.54) is 0 Å². The van der Waals surface area contributed by atoms with Gasteiger partial charge in [0.15, 0.2) is 5.75 Å². The summed E-state index contributed by atoms with van der Waals surface area (Å²) in [5, 5.41) is 46.9. The Labute approximate surface area is 224 Å². The predicted octanol–water partition coefficient (Wildman–Crippen LogP) is -2.26. The first-order chi connectivity index (χ1) is 13.6. The Morgan fingerprint density at radius 3 is 2.20 bits per heavy atom. The van der Waals surface area contributed by atoms with Crippen LogP contribution in [0.4, 0.5) is 11.4 Å². The molecule has 3 aromatic carbocycles. The Hall–Kier alpha value is -0.220. The van der Waals surface area contributed by atoms with Crippen molar-refractivity contribution in [2.45, 2.75) is 16.7 Å². The third-order valence-corrected chi connectivity index (χ3v) is 4.82. The van der Waals surface area contributed by atoms with E-state index in [0.29, 0.717) is 45.4 Å². The van der Waals surface area contributed by atoms with Crippen molar-refractivity contribution in [3.05, 3.63) is 54.1 Å². The van der Waals surface area contributed by atoms with Crippen LogP contribution in [0.3, 0.4) is 0 Å². The minimum Gasteiger partial charge on any atom is -0.691 e. The van der Waals surface area contributed by atoms with Crippen molar-refractivity contribution in [3.63, 3.8) is 0 Å². The summed E-state index contributed by atoms with van der Waals surface area (Å²) in [6.07, 6.45) is 0. The van der Waals surface area contributed by atoms with Crippen molar-refractivity contribution in [3.8, 4) is 5.75 Å². The second kappa shape index (κ2) is 14.0. The van der Waals surface area contributed by atoms with Crippen LogP contribution in [0.5, 0.6) is 5.75 Å². The van der Waals surface area contributed by atoms with Crippen molar-refractivity contribution in [1.82, 2.24) is 0 Å². The van der Waals surface area contributed by atoms with Crippen molar-refractivity contribution >= 4 is 46.2 Å².